The van der Waals surface area contributed by atoms with Crippen LogP contribution in [0.25, 0.3) is 16.8 Å². The highest BCUT2D eigenvalue weighted by Gasteiger charge is 2.20. The van der Waals surface area contributed by atoms with Gasteiger partial charge in [-0.3, -0.25) is 14.8 Å². The van der Waals surface area contributed by atoms with E-state index in [1.165, 1.54) is 11.6 Å². The molecule has 0 spiro atoms. The van der Waals surface area contributed by atoms with Gasteiger partial charge in [-0.05, 0) is 46.5 Å². The largest absolute Gasteiger partial charge is 0.326 e. The van der Waals surface area contributed by atoms with E-state index in [0.717, 1.165) is 21.9 Å². The Morgan fingerprint density at radius 2 is 1.71 bits per heavy atom. The van der Waals surface area contributed by atoms with Crippen LogP contribution in [0.2, 0.25) is 0 Å². The maximum absolute atomic E-state index is 12.9. The molecular formula is C23H22N2O3. The van der Waals surface area contributed by atoms with Gasteiger partial charge in [0.1, 0.15) is 0 Å². The average molecular weight is 374 g/mol. The van der Waals surface area contributed by atoms with E-state index < -0.39 is 5.91 Å². The predicted octanol–water partition coefficient (Wildman–Crippen LogP) is 4.49. The topological polar surface area (TPSA) is 78.4 Å². The summed E-state index contributed by atoms with van der Waals surface area (Å²) in [6, 6.07) is 21.3. The molecule has 28 heavy (non-hydrogen) atoms. The molecule has 3 N–H and O–H groups in total. The van der Waals surface area contributed by atoms with Crippen molar-refractivity contribution in [2.75, 3.05) is 5.32 Å². The molecule has 0 radical (unpaired) electrons. The summed E-state index contributed by atoms with van der Waals surface area (Å²) < 4.78 is 0. The quantitative estimate of drug-likeness (QED) is 0.338. The molecule has 0 aromatic heterocycles. The van der Waals surface area contributed by atoms with Crippen LogP contribution in [0.5, 0.6) is 0 Å². The molecule has 0 aliphatic carbocycles. The fourth-order valence-corrected chi connectivity index (χ4v) is 3.22. The molecular weight excluding hydrogens is 352 g/mol. The van der Waals surface area contributed by atoms with Crippen molar-refractivity contribution < 1.29 is 14.8 Å². The van der Waals surface area contributed by atoms with Crippen molar-refractivity contribution in [3.8, 4) is 0 Å². The lowest BCUT2D eigenvalue weighted by atomic mass is 9.91. The van der Waals surface area contributed by atoms with Crippen LogP contribution in [0.3, 0.4) is 0 Å². The predicted molar refractivity (Wildman–Crippen MR) is 111 cm³/mol. The van der Waals surface area contributed by atoms with E-state index in [0.29, 0.717) is 12.1 Å². The first-order chi connectivity index (χ1) is 13.6. The minimum absolute atomic E-state index is 0.0539. The van der Waals surface area contributed by atoms with E-state index in [1.54, 1.807) is 30.3 Å². The first-order valence-corrected chi connectivity index (χ1v) is 9.13. The number of anilines is 1. The molecule has 0 saturated carbocycles. The highest BCUT2D eigenvalue weighted by atomic mass is 16.5. The van der Waals surface area contributed by atoms with Crippen LogP contribution in [-0.4, -0.2) is 17.0 Å². The molecule has 1 atom stereocenters. The number of carbonyl (C=O) groups is 2. The third kappa shape index (κ3) is 4.45. The van der Waals surface area contributed by atoms with Gasteiger partial charge in [-0.1, -0.05) is 61.5 Å². The molecule has 5 heteroatoms. The molecule has 142 valence electrons. The normalized spacial score (nSPS) is 12.1. The fourth-order valence-electron chi connectivity index (χ4n) is 3.22. The van der Waals surface area contributed by atoms with E-state index in [4.69, 9.17) is 5.21 Å². The minimum Gasteiger partial charge on any atom is -0.326 e. The number of benzene rings is 3. The number of fused-ring (bicyclic) bond motifs is 1. The Morgan fingerprint density at radius 3 is 2.43 bits per heavy atom. The van der Waals surface area contributed by atoms with Crippen molar-refractivity contribution in [3.63, 3.8) is 0 Å². The Morgan fingerprint density at radius 1 is 1.00 bits per heavy atom. The van der Waals surface area contributed by atoms with Crippen molar-refractivity contribution in [2.24, 2.45) is 0 Å². The molecule has 0 aliphatic heterocycles. The molecule has 0 bridgehead atoms. The summed E-state index contributed by atoms with van der Waals surface area (Å²) in [4.78, 5) is 23.9. The first-order valence-electron chi connectivity index (χ1n) is 9.13. The average Bonchev–Trinajstić information content (AvgIpc) is 2.73. The van der Waals surface area contributed by atoms with Gasteiger partial charge in [-0.2, -0.15) is 0 Å². The number of hydroxylamine groups is 1. The first kappa shape index (κ1) is 19.3. The Bertz CT molecular complexity index is 1000. The third-order valence-electron chi connectivity index (χ3n) is 4.64. The van der Waals surface area contributed by atoms with Crippen LogP contribution in [0, 0.1) is 0 Å². The number of hydrogen-bond donors (Lipinski definition) is 3. The lowest BCUT2D eigenvalue weighted by Gasteiger charge is -2.17. The number of carbonyl (C=O) groups excluding carboxylic acids is 2. The second-order valence-electron chi connectivity index (χ2n) is 6.45. The summed E-state index contributed by atoms with van der Waals surface area (Å²) >= 11 is 0. The summed E-state index contributed by atoms with van der Waals surface area (Å²) in [5, 5.41) is 13.7. The Kier molecular flexibility index (Phi) is 6.19. The van der Waals surface area contributed by atoms with Crippen molar-refractivity contribution >= 4 is 34.4 Å². The molecule has 0 heterocycles. The maximum atomic E-state index is 12.9. The summed E-state index contributed by atoms with van der Waals surface area (Å²) in [6.45, 7) is 2.01. The number of hydrogen-bond acceptors (Lipinski definition) is 3. The van der Waals surface area contributed by atoms with Crippen LogP contribution >= 0.6 is 0 Å². The van der Waals surface area contributed by atoms with Crippen molar-refractivity contribution in [2.45, 2.75) is 19.3 Å². The van der Waals surface area contributed by atoms with E-state index in [9.17, 15) is 9.59 Å². The molecule has 3 aromatic carbocycles. The summed E-state index contributed by atoms with van der Waals surface area (Å²) in [7, 11) is 0. The molecule has 0 aliphatic rings. The molecule has 3 aromatic rings. The summed E-state index contributed by atoms with van der Waals surface area (Å²) in [5.74, 6) is -0.904. The second-order valence-corrected chi connectivity index (χ2v) is 6.45. The van der Waals surface area contributed by atoms with Crippen molar-refractivity contribution in [1.29, 1.82) is 0 Å². The highest BCUT2D eigenvalue weighted by Crippen LogP contribution is 2.29. The highest BCUT2D eigenvalue weighted by molar-refractivity contribution is 5.99. The Labute approximate surface area is 163 Å². The van der Waals surface area contributed by atoms with E-state index in [-0.39, 0.29) is 11.8 Å². The van der Waals surface area contributed by atoms with E-state index in [2.05, 4.69) is 5.32 Å². The van der Waals surface area contributed by atoms with E-state index >= 15 is 0 Å². The van der Waals surface area contributed by atoms with Crippen LogP contribution in [-0.2, 0) is 9.59 Å². The van der Waals surface area contributed by atoms with Gasteiger partial charge in [0.25, 0.3) is 5.91 Å². The lowest BCUT2D eigenvalue weighted by Crippen LogP contribution is -2.20. The molecule has 1 unspecified atom stereocenters. The lowest BCUT2D eigenvalue weighted by molar-refractivity contribution is -0.124. The molecule has 2 amide bonds. The maximum Gasteiger partial charge on any atom is 0.267 e. The van der Waals surface area contributed by atoms with Crippen LogP contribution < -0.4 is 10.8 Å². The second kappa shape index (κ2) is 8.97. The monoisotopic (exact) mass is 374 g/mol. The summed E-state index contributed by atoms with van der Waals surface area (Å²) in [6.07, 6.45) is 3.49. The van der Waals surface area contributed by atoms with Gasteiger partial charge < -0.3 is 5.32 Å². The van der Waals surface area contributed by atoms with Crippen LogP contribution in [0.1, 0.15) is 30.4 Å². The van der Waals surface area contributed by atoms with Gasteiger partial charge >= 0.3 is 0 Å². The van der Waals surface area contributed by atoms with Gasteiger partial charge in [-0.15, -0.1) is 0 Å². The van der Waals surface area contributed by atoms with Gasteiger partial charge in [0.2, 0.25) is 5.91 Å². The Balaban J connectivity index is 1.77. The number of rotatable bonds is 6. The molecule has 3 rings (SSSR count). The standard InChI is InChI=1S/C23H22N2O3/c1-2-19(21-9-5-7-17-6-3-4-8-20(17)21)23(27)24-18-13-10-16(11-14-18)12-15-22(26)25-28/h3-15,19,28H,2H2,1H3,(H,24,27)(H,25,26). The van der Waals surface area contributed by atoms with Gasteiger partial charge in [0, 0.05) is 11.8 Å². The van der Waals surface area contributed by atoms with Gasteiger partial charge in [0.15, 0.2) is 0 Å². The Hall–Kier alpha value is -3.44. The third-order valence-corrected chi connectivity index (χ3v) is 4.64. The molecule has 0 fully saturated rings. The van der Waals surface area contributed by atoms with Gasteiger partial charge in [0.05, 0.1) is 5.92 Å². The number of amides is 2. The van der Waals surface area contributed by atoms with E-state index in [1.807, 2.05) is 49.4 Å². The minimum atomic E-state index is -0.599. The molecule has 5 nitrogen and oxygen atoms in total. The van der Waals surface area contributed by atoms with Gasteiger partial charge in [-0.25, -0.2) is 5.48 Å². The van der Waals surface area contributed by atoms with Crippen molar-refractivity contribution in [1.82, 2.24) is 5.48 Å². The summed E-state index contributed by atoms with van der Waals surface area (Å²) in [5.41, 5.74) is 4.03. The van der Waals surface area contributed by atoms with Crippen LogP contribution in [0.15, 0.2) is 72.8 Å². The zero-order valence-corrected chi connectivity index (χ0v) is 15.6. The van der Waals surface area contributed by atoms with Crippen LogP contribution in [0.4, 0.5) is 5.69 Å². The molecule has 0 saturated heterocycles. The smallest absolute Gasteiger partial charge is 0.267 e. The zero-order chi connectivity index (χ0) is 19.9. The zero-order valence-electron chi connectivity index (χ0n) is 15.6. The number of nitrogens with one attached hydrogen (secondary N) is 2. The fraction of sp³-hybridized carbons (Fsp3) is 0.130. The van der Waals surface area contributed by atoms with Crippen molar-refractivity contribution in [3.05, 3.63) is 83.9 Å². The SMILES string of the molecule is CCC(C(=O)Nc1ccc(C=CC(=O)NO)cc1)c1cccc2ccccc12.